The van der Waals surface area contributed by atoms with Crippen molar-refractivity contribution in [1.29, 1.82) is 0 Å². The number of azo groups is 1. The van der Waals surface area contributed by atoms with Crippen LogP contribution in [0.15, 0.2) is 113 Å². The van der Waals surface area contributed by atoms with E-state index in [2.05, 4.69) is 59.0 Å². The average Bonchev–Trinajstić information content (AvgIpc) is 3.22. The van der Waals surface area contributed by atoms with Gasteiger partial charge in [-0.3, -0.25) is 0 Å². The Hall–Kier alpha value is -3.45. The lowest BCUT2D eigenvalue weighted by Crippen LogP contribution is -2.25. The van der Waals surface area contributed by atoms with Crippen LogP contribution in [0.25, 0.3) is 11.3 Å². The van der Waals surface area contributed by atoms with Crippen LogP contribution in [0.5, 0.6) is 11.5 Å². The lowest BCUT2D eigenvalue weighted by molar-refractivity contribution is 0.474. The van der Waals surface area contributed by atoms with Crippen LogP contribution in [0.2, 0.25) is 0 Å². The van der Waals surface area contributed by atoms with Gasteiger partial charge in [0.05, 0.1) is 5.70 Å². The molecule has 4 aromatic carbocycles. The van der Waals surface area contributed by atoms with Gasteiger partial charge < -0.3 is 10.2 Å². The van der Waals surface area contributed by atoms with Gasteiger partial charge in [-0.2, -0.15) is 10.2 Å². The zero-order valence-electron chi connectivity index (χ0n) is 17.0. The number of nitrogens with zero attached hydrogens (tertiary/aromatic N) is 2. The van der Waals surface area contributed by atoms with E-state index in [1.54, 1.807) is 24.3 Å². The maximum Gasteiger partial charge on any atom is 0.160 e. The molecule has 0 saturated heterocycles. The summed E-state index contributed by atoms with van der Waals surface area (Å²) in [5.74, 6) is 0.401. The summed E-state index contributed by atoms with van der Waals surface area (Å²) in [6.07, 6.45) is 0. The largest absolute Gasteiger partial charge is 0.508 e. The first-order valence-electron chi connectivity index (χ1n) is 10.2. The molecule has 1 atom stereocenters. The molecule has 156 valence electrons. The first kappa shape index (κ1) is 20.5. The van der Waals surface area contributed by atoms with Gasteiger partial charge in [0.15, 0.2) is 5.54 Å². The minimum atomic E-state index is -0.882. The Labute approximate surface area is 199 Å². The maximum absolute atomic E-state index is 9.94. The Morgan fingerprint density at radius 2 is 1.12 bits per heavy atom. The number of phenolic OH excluding ortho intramolecular Hbond substituents is 2. The average molecular weight is 530 g/mol. The van der Waals surface area contributed by atoms with Crippen LogP contribution in [-0.2, 0) is 5.54 Å². The topological polar surface area (TPSA) is 65.2 Å². The van der Waals surface area contributed by atoms with Crippen molar-refractivity contribution in [3.8, 4) is 11.5 Å². The molecule has 0 fully saturated rings. The highest BCUT2D eigenvalue weighted by atomic mass is 127. The van der Waals surface area contributed by atoms with E-state index in [1.807, 2.05) is 42.5 Å². The first-order chi connectivity index (χ1) is 15.6. The molecule has 4 nitrogen and oxygen atoms in total. The number of phenols is 2. The van der Waals surface area contributed by atoms with E-state index >= 15 is 0 Å². The van der Waals surface area contributed by atoms with E-state index in [1.165, 1.54) is 0 Å². The Balaban J connectivity index is 1.86. The van der Waals surface area contributed by atoms with Gasteiger partial charge in [-0.1, -0.05) is 54.6 Å². The number of hydrogen-bond donors (Lipinski definition) is 2. The summed E-state index contributed by atoms with van der Waals surface area (Å²) >= 11 is 2.29. The fourth-order valence-corrected chi connectivity index (χ4v) is 4.49. The maximum atomic E-state index is 9.94. The van der Waals surface area contributed by atoms with Crippen molar-refractivity contribution in [2.24, 2.45) is 10.2 Å². The Bertz CT molecular complexity index is 1270. The quantitative estimate of drug-likeness (QED) is 0.280. The van der Waals surface area contributed by atoms with Gasteiger partial charge in [0.1, 0.15) is 11.5 Å². The molecule has 0 aromatic heterocycles. The van der Waals surface area contributed by atoms with Crippen molar-refractivity contribution < 1.29 is 10.2 Å². The number of rotatable bonds is 4. The summed E-state index contributed by atoms with van der Waals surface area (Å²) in [5, 5.41) is 29.3. The molecular formula is C27H19IN2O2. The Kier molecular flexibility index (Phi) is 5.27. The zero-order chi connectivity index (χ0) is 22.1. The van der Waals surface area contributed by atoms with Crippen molar-refractivity contribution in [2.45, 2.75) is 5.54 Å². The summed E-state index contributed by atoms with van der Waals surface area (Å²) < 4.78 is 1.13. The second-order valence-electron chi connectivity index (χ2n) is 7.60. The summed E-state index contributed by atoms with van der Waals surface area (Å²) in [6.45, 7) is 0. The van der Waals surface area contributed by atoms with Crippen LogP contribution in [0.1, 0.15) is 22.3 Å². The zero-order valence-corrected chi connectivity index (χ0v) is 19.1. The van der Waals surface area contributed by atoms with Crippen LogP contribution < -0.4 is 0 Å². The predicted octanol–water partition coefficient (Wildman–Crippen LogP) is 6.98. The molecular weight excluding hydrogens is 511 g/mol. The standard InChI is InChI=1S/C27H19IN2O2/c28-22-12-8-20(9-13-22)27(21-10-16-24(32)17-11-21)25(18-4-2-1-3-5-18)26(29-30-27)19-6-14-23(31)15-7-19/h1-17,31-32H. The lowest BCUT2D eigenvalue weighted by atomic mass is 9.74. The van der Waals surface area contributed by atoms with Crippen LogP contribution >= 0.6 is 22.6 Å². The minimum Gasteiger partial charge on any atom is -0.508 e. The fourth-order valence-electron chi connectivity index (χ4n) is 4.13. The van der Waals surface area contributed by atoms with Gasteiger partial charge in [-0.05, 0) is 87.8 Å². The Morgan fingerprint density at radius 1 is 0.594 bits per heavy atom. The molecule has 0 bridgehead atoms. The van der Waals surface area contributed by atoms with Gasteiger partial charge in [-0.25, -0.2) is 0 Å². The lowest BCUT2D eigenvalue weighted by Gasteiger charge is -2.30. The number of benzene rings is 4. The molecule has 1 unspecified atom stereocenters. The normalized spacial score (nSPS) is 17.7. The first-order valence-corrected chi connectivity index (χ1v) is 11.2. The van der Waals surface area contributed by atoms with Crippen molar-refractivity contribution in [3.05, 3.63) is 129 Å². The summed E-state index contributed by atoms with van der Waals surface area (Å²) in [6, 6.07) is 32.6. The van der Waals surface area contributed by atoms with Crippen molar-refractivity contribution in [1.82, 2.24) is 0 Å². The second-order valence-corrected chi connectivity index (χ2v) is 8.85. The van der Waals surface area contributed by atoms with Gasteiger partial charge in [-0.15, -0.1) is 0 Å². The monoisotopic (exact) mass is 530 g/mol. The third-order valence-corrected chi connectivity index (χ3v) is 6.37. The van der Waals surface area contributed by atoms with E-state index in [4.69, 9.17) is 10.2 Å². The number of hydrogen-bond acceptors (Lipinski definition) is 4. The molecule has 5 heteroatoms. The molecule has 1 aliphatic heterocycles. The number of aromatic hydroxyl groups is 2. The summed E-state index contributed by atoms with van der Waals surface area (Å²) in [4.78, 5) is 0. The minimum absolute atomic E-state index is 0.199. The third-order valence-electron chi connectivity index (χ3n) is 5.65. The van der Waals surface area contributed by atoms with E-state index in [9.17, 15) is 10.2 Å². The van der Waals surface area contributed by atoms with Gasteiger partial charge >= 0.3 is 0 Å². The van der Waals surface area contributed by atoms with Gasteiger partial charge in [0, 0.05) is 14.7 Å². The summed E-state index contributed by atoms with van der Waals surface area (Å²) in [5.41, 5.74) is 4.60. The number of halogens is 1. The molecule has 0 saturated carbocycles. The molecule has 1 aliphatic rings. The smallest absolute Gasteiger partial charge is 0.160 e. The highest BCUT2D eigenvalue weighted by Crippen LogP contribution is 2.53. The van der Waals surface area contributed by atoms with Crippen LogP contribution in [0.4, 0.5) is 0 Å². The van der Waals surface area contributed by atoms with E-state index in [-0.39, 0.29) is 11.5 Å². The molecule has 1 heterocycles. The highest BCUT2D eigenvalue weighted by Gasteiger charge is 2.45. The predicted molar refractivity (Wildman–Crippen MR) is 134 cm³/mol. The molecule has 0 radical (unpaired) electrons. The summed E-state index contributed by atoms with van der Waals surface area (Å²) in [7, 11) is 0. The van der Waals surface area contributed by atoms with Gasteiger partial charge in [0.25, 0.3) is 0 Å². The molecule has 32 heavy (non-hydrogen) atoms. The second kappa shape index (κ2) is 8.24. The van der Waals surface area contributed by atoms with Crippen molar-refractivity contribution in [3.63, 3.8) is 0 Å². The van der Waals surface area contributed by atoms with E-state index in [0.717, 1.165) is 37.1 Å². The SMILES string of the molecule is Oc1ccc(C2=C(c3ccccc3)C(c3ccc(O)cc3)(c3ccc(I)cc3)N=N2)cc1. The molecule has 5 rings (SSSR count). The van der Waals surface area contributed by atoms with Crippen LogP contribution in [0.3, 0.4) is 0 Å². The molecule has 2 N–H and O–H groups in total. The molecule has 0 spiro atoms. The van der Waals surface area contributed by atoms with E-state index < -0.39 is 5.54 Å². The van der Waals surface area contributed by atoms with Crippen LogP contribution in [-0.4, -0.2) is 10.2 Å². The third kappa shape index (κ3) is 3.48. The van der Waals surface area contributed by atoms with Gasteiger partial charge in [0.2, 0.25) is 0 Å². The Morgan fingerprint density at radius 3 is 1.72 bits per heavy atom. The van der Waals surface area contributed by atoms with Crippen LogP contribution in [0, 0.1) is 3.57 Å². The molecule has 0 amide bonds. The highest BCUT2D eigenvalue weighted by molar-refractivity contribution is 14.1. The molecule has 4 aromatic rings. The van der Waals surface area contributed by atoms with Crippen molar-refractivity contribution in [2.75, 3.05) is 0 Å². The fraction of sp³-hybridized carbons (Fsp3) is 0.0370. The molecule has 0 aliphatic carbocycles. The van der Waals surface area contributed by atoms with E-state index in [0.29, 0.717) is 0 Å². The van der Waals surface area contributed by atoms with Crippen molar-refractivity contribution >= 4 is 33.9 Å².